The second kappa shape index (κ2) is 7.25. The topological polar surface area (TPSA) is 64.4 Å². The summed E-state index contributed by atoms with van der Waals surface area (Å²) in [6.07, 6.45) is 6.32. The van der Waals surface area contributed by atoms with E-state index in [1.807, 2.05) is 25.4 Å². The number of ether oxygens (including phenoxy) is 1. The molecule has 0 radical (unpaired) electrons. The molecule has 4 rings (SSSR count). The minimum atomic E-state index is -3.66. The lowest BCUT2D eigenvalue weighted by Crippen LogP contribution is -2.36. The van der Waals surface area contributed by atoms with E-state index in [4.69, 9.17) is 4.74 Å². The van der Waals surface area contributed by atoms with Crippen LogP contribution in [0.15, 0.2) is 35.5 Å². The molecule has 8 heteroatoms. The van der Waals surface area contributed by atoms with Crippen molar-refractivity contribution >= 4 is 21.8 Å². The molecule has 2 aliphatic heterocycles. The number of nitrogens with zero attached hydrogens (tertiary/aromatic N) is 3. The predicted molar refractivity (Wildman–Crippen MR) is 102 cm³/mol. The van der Waals surface area contributed by atoms with Gasteiger partial charge in [-0.3, -0.25) is 4.68 Å². The quantitative estimate of drug-likeness (QED) is 0.802. The van der Waals surface area contributed by atoms with Crippen molar-refractivity contribution in [2.75, 3.05) is 24.7 Å². The van der Waals surface area contributed by atoms with Crippen molar-refractivity contribution in [2.24, 2.45) is 7.05 Å². The highest BCUT2D eigenvalue weighted by molar-refractivity contribution is 7.99. The molecule has 1 unspecified atom stereocenters. The van der Waals surface area contributed by atoms with Gasteiger partial charge in [-0.2, -0.15) is 21.2 Å². The Morgan fingerprint density at radius 2 is 2.19 bits per heavy atom. The molecule has 0 amide bonds. The summed E-state index contributed by atoms with van der Waals surface area (Å²) >= 11 is 1.80. The van der Waals surface area contributed by atoms with E-state index in [2.05, 4.69) is 5.10 Å². The molecule has 0 N–H and O–H groups in total. The molecule has 140 valence electrons. The third-order valence-corrected chi connectivity index (χ3v) is 7.94. The summed E-state index contributed by atoms with van der Waals surface area (Å²) in [7, 11) is -1.80. The number of fused-ring (bicyclic) bond motifs is 1. The first-order chi connectivity index (χ1) is 12.6. The van der Waals surface area contributed by atoms with E-state index in [1.165, 1.54) is 0 Å². The van der Waals surface area contributed by atoms with E-state index < -0.39 is 10.0 Å². The molecular formula is C18H23N3O3S2. The highest BCUT2D eigenvalue weighted by Crippen LogP contribution is 2.38. The van der Waals surface area contributed by atoms with Crippen LogP contribution in [-0.2, 0) is 23.5 Å². The van der Waals surface area contributed by atoms with Crippen LogP contribution in [0.5, 0.6) is 5.75 Å². The fraction of sp³-hybridized carbons (Fsp3) is 0.500. The molecule has 1 fully saturated rings. The van der Waals surface area contributed by atoms with E-state index in [1.54, 1.807) is 33.0 Å². The number of para-hydroxylation sites is 1. The summed E-state index contributed by atoms with van der Waals surface area (Å²) < 4.78 is 36.4. The van der Waals surface area contributed by atoms with Crippen molar-refractivity contribution in [3.8, 4) is 5.75 Å². The second-order valence-electron chi connectivity index (χ2n) is 6.70. The van der Waals surface area contributed by atoms with Crippen LogP contribution in [-0.4, -0.2) is 47.2 Å². The number of thioether (sulfide) groups is 1. The Hall–Kier alpha value is -1.51. The Morgan fingerprint density at radius 3 is 3.00 bits per heavy atom. The summed E-state index contributed by atoms with van der Waals surface area (Å²) in [6, 6.07) is 5.26. The van der Waals surface area contributed by atoms with Crippen LogP contribution >= 0.6 is 11.8 Å². The molecule has 1 aromatic heterocycles. The Kier molecular flexibility index (Phi) is 4.98. The van der Waals surface area contributed by atoms with E-state index in [-0.39, 0.29) is 6.04 Å². The number of benzene rings is 1. The molecule has 1 saturated heterocycles. The van der Waals surface area contributed by atoms with Gasteiger partial charge in [0, 0.05) is 31.1 Å². The zero-order valence-electron chi connectivity index (χ0n) is 14.8. The van der Waals surface area contributed by atoms with Crippen LogP contribution < -0.4 is 4.74 Å². The van der Waals surface area contributed by atoms with Gasteiger partial charge in [-0.1, -0.05) is 12.1 Å². The van der Waals surface area contributed by atoms with Gasteiger partial charge in [-0.25, -0.2) is 8.42 Å². The lowest BCUT2D eigenvalue weighted by Gasteiger charge is -2.30. The lowest BCUT2D eigenvalue weighted by atomic mass is 10.1. The van der Waals surface area contributed by atoms with E-state index in [0.717, 1.165) is 41.9 Å². The van der Waals surface area contributed by atoms with Gasteiger partial charge >= 0.3 is 0 Å². The molecule has 0 aliphatic carbocycles. The van der Waals surface area contributed by atoms with Crippen LogP contribution in [0, 0.1) is 0 Å². The maximum atomic E-state index is 13.6. The standard InChI is InChI=1S/C18H23N3O3S2/c1-20-12-15(11-19-20)16-13-25-10-4-8-21(16)26(22,23)17-7-2-5-14-6-3-9-24-18(14)17/h2,5,7,11-12,16H,3-4,6,8-10,13H2,1H3. The number of aryl methyl sites for hydroxylation is 2. The maximum absolute atomic E-state index is 13.6. The average molecular weight is 394 g/mol. The molecule has 1 atom stereocenters. The molecule has 2 aromatic rings. The predicted octanol–water partition coefficient (Wildman–Crippen LogP) is 2.61. The van der Waals surface area contributed by atoms with Gasteiger partial charge in [0.2, 0.25) is 10.0 Å². The maximum Gasteiger partial charge on any atom is 0.247 e. The monoisotopic (exact) mass is 393 g/mol. The molecule has 26 heavy (non-hydrogen) atoms. The third-order valence-electron chi connectivity index (χ3n) is 4.88. The molecule has 3 heterocycles. The summed E-state index contributed by atoms with van der Waals surface area (Å²) in [4.78, 5) is 0.301. The first-order valence-electron chi connectivity index (χ1n) is 8.90. The lowest BCUT2D eigenvalue weighted by molar-refractivity contribution is 0.277. The van der Waals surface area contributed by atoms with Gasteiger partial charge in [0.05, 0.1) is 18.8 Å². The molecule has 1 aromatic carbocycles. The van der Waals surface area contributed by atoms with Crippen LogP contribution in [0.1, 0.15) is 30.0 Å². The van der Waals surface area contributed by atoms with Gasteiger partial charge in [0.15, 0.2) is 0 Å². The highest BCUT2D eigenvalue weighted by Gasteiger charge is 2.36. The van der Waals surface area contributed by atoms with E-state index in [9.17, 15) is 8.42 Å². The highest BCUT2D eigenvalue weighted by atomic mass is 32.2. The van der Waals surface area contributed by atoms with Crippen LogP contribution in [0.25, 0.3) is 0 Å². The van der Waals surface area contributed by atoms with Gasteiger partial charge in [-0.15, -0.1) is 0 Å². The third kappa shape index (κ3) is 3.25. The molecule has 6 nitrogen and oxygen atoms in total. The number of hydrogen-bond acceptors (Lipinski definition) is 5. The fourth-order valence-electron chi connectivity index (χ4n) is 3.61. The van der Waals surface area contributed by atoms with Crippen molar-refractivity contribution in [1.82, 2.24) is 14.1 Å². The molecule has 0 spiro atoms. The van der Waals surface area contributed by atoms with Crippen molar-refractivity contribution in [3.63, 3.8) is 0 Å². The molecular weight excluding hydrogens is 370 g/mol. The van der Waals surface area contributed by atoms with Crippen LogP contribution in [0.4, 0.5) is 0 Å². The zero-order valence-corrected chi connectivity index (χ0v) is 16.4. The van der Waals surface area contributed by atoms with Gasteiger partial charge in [-0.05, 0) is 36.6 Å². The SMILES string of the molecule is Cn1cc(C2CSCCCN2S(=O)(=O)c2cccc3c2OCCC3)cn1. The summed E-state index contributed by atoms with van der Waals surface area (Å²) in [5.41, 5.74) is 1.93. The largest absolute Gasteiger partial charge is 0.492 e. The van der Waals surface area contributed by atoms with E-state index >= 15 is 0 Å². The normalized spacial score (nSPS) is 21.7. The van der Waals surface area contributed by atoms with E-state index in [0.29, 0.717) is 23.8 Å². The number of rotatable bonds is 3. The molecule has 0 bridgehead atoms. The van der Waals surface area contributed by atoms with Crippen molar-refractivity contribution in [3.05, 3.63) is 41.7 Å². The molecule has 2 aliphatic rings. The summed E-state index contributed by atoms with van der Waals surface area (Å²) in [6.45, 7) is 1.08. The Labute approximate surface area is 158 Å². The Bertz CT molecular complexity index is 895. The number of hydrogen-bond donors (Lipinski definition) is 0. The second-order valence-corrected chi connectivity index (χ2v) is 9.71. The van der Waals surface area contributed by atoms with Crippen LogP contribution in [0.3, 0.4) is 0 Å². The number of sulfonamides is 1. The van der Waals surface area contributed by atoms with Crippen molar-refractivity contribution < 1.29 is 13.2 Å². The first kappa shape index (κ1) is 17.9. The van der Waals surface area contributed by atoms with Gasteiger partial charge in [0.25, 0.3) is 0 Å². The van der Waals surface area contributed by atoms with Crippen LogP contribution in [0.2, 0.25) is 0 Å². The zero-order chi connectivity index (χ0) is 18.1. The fourth-order valence-corrected chi connectivity index (χ4v) is 6.63. The minimum absolute atomic E-state index is 0.208. The van der Waals surface area contributed by atoms with Crippen molar-refractivity contribution in [1.29, 1.82) is 0 Å². The Morgan fingerprint density at radius 1 is 1.31 bits per heavy atom. The smallest absolute Gasteiger partial charge is 0.247 e. The van der Waals surface area contributed by atoms with Gasteiger partial charge < -0.3 is 4.74 Å². The Balaban J connectivity index is 1.77. The molecule has 0 saturated carbocycles. The minimum Gasteiger partial charge on any atom is -0.492 e. The van der Waals surface area contributed by atoms with Gasteiger partial charge in [0.1, 0.15) is 10.6 Å². The summed E-state index contributed by atoms with van der Waals surface area (Å²) in [5, 5.41) is 4.24. The first-order valence-corrected chi connectivity index (χ1v) is 11.5. The number of aromatic nitrogens is 2. The average Bonchev–Trinajstić information content (AvgIpc) is 2.92. The van der Waals surface area contributed by atoms with Crippen molar-refractivity contribution in [2.45, 2.75) is 30.2 Å². The summed E-state index contributed by atoms with van der Waals surface area (Å²) in [5.74, 6) is 2.24.